The maximum atomic E-state index is 12.3. The number of carbonyl (C=O) groups is 1. The molecule has 1 saturated heterocycles. The molecular weight excluding hydrogens is 396 g/mol. The first-order chi connectivity index (χ1) is 12.2. The average Bonchev–Trinajstić information content (AvgIpc) is 2.92. The Labute approximate surface area is 164 Å². The van der Waals surface area contributed by atoms with Gasteiger partial charge in [0.1, 0.15) is 16.8 Å². The molecule has 26 heavy (non-hydrogen) atoms. The quantitative estimate of drug-likeness (QED) is 0.585. The molecule has 1 spiro atoms. The number of carbonyl (C=O) groups excluding carboxylic acids is 1. The maximum absolute atomic E-state index is 12.3. The van der Waals surface area contributed by atoms with Gasteiger partial charge in [-0.2, -0.15) is 0 Å². The third kappa shape index (κ3) is 4.46. The summed E-state index contributed by atoms with van der Waals surface area (Å²) in [6.07, 6.45) is 7.02. The fourth-order valence-electron chi connectivity index (χ4n) is 4.36. The number of esters is 1. The fourth-order valence-corrected chi connectivity index (χ4v) is 4.97. The van der Waals surface area contributed by atoms with Crippen LogP contribution in [0.3, 0.4) is 0 Å². The lowest BCUT2D eigenvalue weighted by molar-refractivity contribution is -0.168. The third-order valence-corrected chi connectivity index (χ3v) is 6.15. The van der Waals surface area contributed by atoms with Crippen molar-refractivity contribution in [2.75, 3.05) is 19.7 Å². The van der Waals surface area contributed by atoms with Crippen molar-refractivity contribution in [1.82, 2.24) is 10.3 Å². The van der Waals surface area contributed by atoms with Crippen LogP contribution in [0.1, 0.15) is 58.4 Å². The number of pyridine rings is 1. The molecule has 3 rings (SSSR count). The first-order valence-corrected chi connectivity index (χ1v) is 10.2. The van der Waals surface area contributed by atoms with Gasteiger partial charge in [-0.05, 0) is 93.4 Å². The zero-order valence-electron chi connectivity index (χ0n) is 15.9. The highest BCUT2D eigenvalue weighted by Gasteiger charge is 2.51. The van der Waals surface area contributed by atoms with Crippen LogP contribution < -0.4 is 5.32 Å². The first kappa shape index (κ1) is 19.8. The summed E-state index contributed by atoms with van der Waals surface area (Å²) in [4.78, 5) is 16.7. The summed E-state index contributed by atoms with van der Waals surface area (Å²) in [5.74, 6) is -0.317. The van der Waals surface area contributed by atoms with E-state index in [1.807, 2.05) is 26.8 Å². The fraction of sp³-hybridized carbons (Fsp3) is 0.700. The van der Waals surface area contributed by atoms with Crippen molar-refractivity contribution in [1.29, 1.82) is 0 Å². The molecule has 1 aromatic rings. The highest BCUT2D eigenvalue weighted by Crippen LogP contribution is 2.56. The third-order valence-electron chi connectivity index (χ3n) is 5.52. The molecule has 1 saturated carbocycles. The molecule has 1 aliphatic carbocycles. The topological polar surface area (TPSA) is 60.5 Å². The van der Waals surface area contributed by atoms with Crippen LogP contribution in [0.25, 0.3) is 0 Å². The number of aromatic nitrogens is 1. The van der Waals surface area contributed by atoms with Crippen LogP contribution in [0, 0.1) is 5.41 Å². The van der Waals surface area contributed by atoms with E-state index < -0.39 is 11.2 Å². The minimum Gasteiger partial charge on any atom is -0.458 e. The monoisotopic (exact) mass is 424 g/mol. The molecule has 6 heteroatoms. The summed E-state index contributed by atoms with van der Waals surface area (Å²) in [5, 5.41) is 3.45. The van der Waals surface area contributed by atoms with E-state index in [9.17, 15) is 4.79 Å². The van der Waals surface area contributed by atoms with Gasteiger partial charge < -0.3 is 14.8 Å². The van der Waals surface area contributed by atoms with E-state index in [1.54, 1.807) is 6.20 Å². The molecule has 0 aromatic carbocycles. The molecule has 1 N–H and O–H groups in total. The number of nitrogens with one attached hydrogen (secondary N) is 1. The molecule has 1 atom stereocenters. The number of ether oxygens (including phenoxy) is 2. The Morgan fingerprint density at radius 2 is 2.00 bits per heavy atom. The van der Waals surface area contributed by atoms with E-state index in [0.29, 0.717) is 0 Å². The van der Waals surface area contributed by atoms with Gasteiger partial charge in [0, 0.05) is 11.8 Å². The molecule has 1 aliphatic heterocycles. The lowest BCUT2D eigenvalue weighted by atomic mass is 9.75. The summed E-state index contributed by atoms with van der Waals surface area (Å²) in [7, 11) is 0. The summed E-state index contributed by atoms with van der Waals surface area (Å²) >= 11 is 3.59. The van der Waals surface area contributed by atoms with E-state index in [2.05, 4.69) is 32.3 Å². The van der Waals surface area contributed by atoms with E-state index in [-0.39, 0.29) is 18.0 Å². The molecule has 2 aliphatic rings. The zero-order valence-corrected chi connectivity index (χ0v) is 17.5. The normalized spacial score (nSPS) is 25.4. The number of hydrogen-bond acceptors (Lipinski definition) is 5. The van der Waals surface area contributed by atoms with Crippen LogP contribution in [-0.4, -0.2) is 36.3 Å². The van der Waals surface area contributed by atoms with E-state index in [1.165, 1.54) is 0 Å². The number of nitrogens with zero attached hydrogens (tertiary/aromatic N) is 1. The Bertz CT molecular complexity index is 653. The predicted molar refractivity (Wildman–Crippen MR) is 104 cm³/mol. The van der Waals surface area contributed by atoms with Gasteiger partial charge in [0.25, 0.3) is 0 Å². The molecule has 1 unspecified atom stereocenters. The lowest BCUT2D eigenvalue weighted by Crippen LogP contribution is -2.38. The van der Waals surface area contributed by atoms with Gasteiger partial charge >= 0.3 is 5.97 Å². The van der Waals surface area contributed by atoms with Gasteiger partial charge in [-0.25, -0.2) is 9.78 Å². The van der Waals surface area contributed by atoms with Crippen molar-refractivity contribution < 1.29 is 14.3 Å². The van der Waals surface area contributed by atoms with Crippen LogP contribution in [0.15, 0.2) is 22.9 Å². The van der Waals surface area contributed by atoms with Crippen molar-refractivity contribution >= 4 is 21.9 Å². The van der Waals surface area contributed by atoms with E-state index in [4.69, 9.17) is 9.47 Å². The second kappa shape index (κ2) is 7.56. The largest absolute Gasteiger partial charge is 0.458 e. The number of piperidine rings is 1. The molecule has 5 nitrogen and oxygen atoms in total. The SMILES string of the molecule is CC(C)(C)OC(=O)COC1(c2cccnc2Br)CCC2(CCNCC2)C1. The molecule has 2 heterocycles. The molecule has 144 valence electrons. The van der Waals surface area contributed by atoms with Gasteiger partial charge in [-0.15, -0.1) is 0 Å². The Hall–Kier alpha value is -0.980. The van der Waals surface area contributed by atoms with Crippen LogP contribution in [0.2, 0.25) is 0 Å². The Morgan fingerprint density at radius 3 is 2.65 bits per heavy atom. The minimum absolute atomic E-state index is 0.0348. The van der Waals surface area contributed by atoms with Gasteiger partial charge in [0.05, 0.1) is 5.60 Å². The second-order valence-corrected chi connectivity index (χ2v) is 9.39. The standard InChI is InChI=1S/C20H29BrN2O3/c1-18(2,3)26-16(24)13-25-20(15-5-4-10-23-17(15)21)7-6-19(14-20)8-11-22-12-9-19/h4-5,10,22H,6-9,11-14H2,1-3H3. The van der Waals surface area contributed by atoms with Crippen molar-refractivity contribution in [3.63, 3.8) is 0 Å². The Kier molecular flexibility index (Phi) is 5.75. The highest BCUT2D eigenvalue weighted by atomic mass is 79.9. The Morgan fingerprint density at radius 1 is 1.27 bits per heavy atom. The average molecular weight is 425 g/mol. The zero-order chi connectivity index (χ0) is 18.8. The Balaban J connectivity index is 1.82. The maximum Gasteiger partial charge on any atom is 0.332 e. The van der Waals surface area contributed by atoms with Gasteiger partial charge in [-0.1, -0.05) is 6.07 Å². The van der Waals surface area contributed by atoms with E-state index >= 15 is 0 Å². The van der Waals surface area contributed by atoms with Crippen molar-refractivity contribution in [3.8, 4) is 0 Å². The number of halogens is 1. The predicted octanol–water partition coefficient (Wildman–Crippen LogP) is 3.95. The van der Waals surface area contributed by atoms with Crippen molar-refractivity contribution in [2.24, 2.45) is 5.41 Å². The van der Waals surface area contributed by atoms with Gasteiger partial charge in [0.15, 0.2) is 0 Å². The number of hydrogen-bond donors (Lipinski definition) is 1. The summed E-state index contributed by atoms with van der Waals surface area (Å²) < 4.78 is 12.6. The van der Waals surface area contributed by atoms with Crippen LogP contribution in [-0.2, 0) is 19.9 Å². The van der Waals surface area contributed by atoms with Gasteiger partial charge in [0.2, 0.25) is 0 Å². The molecule has 1 aromatic heterocycles. The summed E-state index contributed by atoms with van der Waals surface area (Å²) in [6, 6.07) is 4.00. The first-order valence-electron chi connectivity index (χ1n) is 9.41. The molecule has 0 amide bonds. The highest BCUT2D eigenvalue weighted by molar-refractivity contribution is 9.10. The van der Waals surface area contributed by atoms with Crippen LogP contribution >= 0.6 is 15.9 Å². The van der Waals surface area contributed by atoms with Crippen LogP contribution in [0.4, 0.5) is 0 Å². The molecule has 0 radical (unpaired) electrons. The lowest BCUT2D eigenvalue weighted by Gasteiger charge is -2.37. The van der Waals surface area contributed by atoms with Crippen molar-refractivity contribution in [3.05, 3.63) is 28.5 Å². The second-order valence-electron chi connectivity index (χ2n) is 8.64. The van der Waals surface area contributed by atoms with Gasteiger partial charge in [-0.3, -0.25) is 0 Å². The molecule has 2 fully saturated rings. The summed E-state index contributed by atoms with van der Waals surface area (Å²) in [6.45, 7) is 7.69. The summed E-state index contributed by atoms with van der Waals surface area (Å²) in [5.41, 5.74) is 0.337. The number of rotatable bonds is 4. The molecular formula is C20H29BrN2O3. The van der Waals surface area contributed by atoms with Crippen LogP contribution in [0.5, 0.6) is 0 Å². The van der Waals surface area contributed by atoms with E-state index in [0.717, 1.165) is 55.4 Å². The minimum atomic E-state index is -0.506. The molecule has 0 bridgehead atoms. The smallest absolute Gasteiger partial charge is 0.332 e. The van der Waals surface area contributed by atoms with Crippen molar-refractivity contribution in [2.45, 2.75) is 64.1 Å².